The van der Waals surface area contributed by atoms with Crippen LogP contribution in [0.3, 0.4) is 0 Å². The molecule has 0 bridgehead atoms. The summed E-state index contributed by atoms with van der Waals surface area (Å²) in [6.45, 7) is 8.48. The van der Waals surface area contributed by atoms with Gasteiger partial charge in [-0.1, -0.05) is 135 Å². The fourth-order valence-electron chi connectivity index (χ4n) is 7.03. The van der Waals surface area contributed by atoms with E-state index >= 15 is 0 Å². The molecule has 1 heterocycles. The molecule has 0 amide bonds. The summed E-state index contributed by atoms with van der Waals surface area (Å²) < 4.78 is 2.43. The van der Waals surface area contributed by atoms with E-state index in [4.69, 9.17) is 0 Å². The molecule has 0 saturated heterocycles. The summed E-state index contributed by atoms with van der Waals surface area (Å²) in [5.74, 6) is 6.59. The van der Waals surface area contributed by atoms with Crippen LogP contribution in [0.4, 0.5) is 0 Å². The molecule has 2 heteroatoms. The highest BCUT2D eigenvalue weighted by Gasteiger charge is 2.19. The molecular weight excluding hydrogens is 629 g/mol. The minimum atomic E-state index is 0.722. The Bertz CT molecular complexity index is 2610. The van der Waals surface area contributed by atoms with Gasteiger partial charge >= 0.3 is 0 Å². The Morgan fingerprint density at radius 3 is 2.21 bits per heavy atom. The largest absolute Gasteiger partial charge is 0.309 e. The van der Waals surface area contributed by atoms with Crippen molar-refractivity contribution in [3.63, 3.8) is 0 Å². The first-order valence-electron chi connectivity index (χ1n) is 17.9. The molecule has 252 valence electrons. The summed E-state index contributed by atoms with van der Waals surface area (Å²) in [6, 6.07) is 46.4. The predicted octanol–water partition coefficient (Wildman–Crippen LogP) is 13.3. The van der Waals surface area contributed by atoms with Crippen LogP contribution < -0.4 is 0 Å². The maximum atomic E-state index is 4.34. The number of fused-ring (bicyclic) bond motifs is 5. The molecule has 0 N–H and O–H groups in total. The lowest BCUT2D eigenvalue weighted by Crippen LogP contribution is -1.94. The Labute approximate surface area is 307 Å². The number of para-hydroxylation sites is 1. The van der Waals surface area contributed by atoms with Crippen molar-refractivity contribution in [2.45, 2.75) is 26.7 Å². The third kappa shape index (κ3) is 6.82. The smallest absolute Gasteiger partial charge is 0.0553 e. The van der Waals surface area contributed by atoms with Crippen molar-refractivity contribution in [1.29, 1.82) is 0 Å². The average Bonchev–Trinajstić information content (AvgIpc) is 3.53. The van der Waals surface area contributed by atoms with Gasteiger partial charge in [-0.25, -0.2) is 0 Å². The zero-order chi connectivity index (χ0) is 35.9. The van der Waals surface area contributed by atoms with Crippen LogP contribution >= 0.6 is 0 Å². The van der Waals surface area contributed by atoms with Gasteiger partial charge in [0.05, 0.1) is 11.0 Å². The zero-order valence-corrected chi connectivity index (χ0v) is 30.1. The molecule has 0 aliphatic heterocycles. The van der Waals surface area contributed by atoms with Crippen molar-refractivity contribution in [3.05, 3.63) is 175 Å². The van der Waals surface area contributed by atoms with E-state index in [0.717, 1.165) is 35.2 Å². The Morgan fingerprint density at radius 1 is 0.692 bits per heavy atom. The van der Waals surface area contributed by atoms with E-state index in [1.807, 2.05) is 19.1 Å². The van der Waals surface area contributed by atoms with E-state index in [1.54, 1.807) is 13.3 Å². The number of benzene rings is 6. The molecule has 0 saturated carbocycles. The Balaban J connectivity index is 1.45. The molecule has 0 atom stereocenters. The number of aromatic nitrogens is 1. The van der Waals surface area contributed by atoms with E-state index in [-0.39, 0.29) is 0 Å². The van der Waals surface area contributed by atoms with Crippen molar-refractivity contribution in [2.24, 2.45) is 4.99 Å². The SMILES string of the molecule is C=C(/C=C\C=NC)c1cccc(-c2cc3c(c4ccccc24)c2ccc(-c4cccc(/C(=C/C=C\C)CC#CCC)c4)cc2n3-c2ccccc2)c1. The van der Waals surface area contributed by atoms with E-state index in [1.165, 1.54) is 60.4 Å². The van der Waals surface area contributed by atoms with Crippen molar-refractivity contribution in [1.82, 2.24) is 4.57 Å². The topological polar surface area (TPSA) is 17.3 Å². The lowest BCUT2D eigenvalue weighted by molar-refractivity contribution is 1.18. The maximum Gasteiger partial charge on any atom is 0.0553 e. The van der Waals surface area contributed by atoms with Crippen molar-refractivity contribution < 1.29 is 0 Å². The molecule has 2 nitrogen and oxygen atoms in total. The van der Waals surface area contributed by atoms with Gasteiger partial charge in [-0.05, 0) is 105 Å². The lowest BCUT2D eigenvalue weighted by Gasteiger charge is -2.13. The van der Waals surface area contributed by atoms with E-state index in [2.05, 4.69) is 181 Å². The maximum absolute atomic E-state index is 4.34. The normalized spacial score (nSPS) is 12.1. The quantitative estimate of drug-likeness (QED) is 0.0826. The number of hydrogen-bond donors (Lipinski definition) is 0. The van der Waals surface area contributed by atoms with Crippen molar-refractivity contribution >= 4 is 49.9 Å². The van der Waals surface area contributed by atoms with E-state index in [0.29, 0.717) is 0 Å². The summed E-state index contributed by atoms with van der Waals surface area (Å²) in [7, 11) is 1.77. The molecular formula is C50H42N2. The van der Waals surface area contributed by atoms with Crippen LogP contribution in [0, 0.1) is 11.8 Å². The highest BCUT2D eigenvalue weighted by atomic mass is 15.0. The lowest BCUT2D eigenvalue weighted by atomic mass is 9.92. The number of rotatable bonds is 9. The molecule has 7 aromatic rings. The number of nitrogens with zero attached hydrogens (tertiary/aromatic N) is 2. The number of aliphatic imine (C=N–C) groups is 1. The molecule has 0 aliphatic rings. The monoisotopic (exact) mass is 670 g/mol. The van der Waals surface area contributed by atoms with Gasteiger partial charge in [-0.15, -0.1) is 5.92 Å². The van der Waals surface area contributed by atoms with Gasteiger partial charge in [0.1, 0.15) is 0 Å². The first kappa shape index (κ1) is 34.0. The second-order valence-electron chi connectivity index (χ2n) is 12.8. The first-order valence-corrected chi connectivity index (χ1v) is 17.9. The third-order valence-corrected chi connectivity index (χ3v) is 9.50. The van der Waals surface area contributed by atoms with E-state index < -0.39 is 0 Å². The van der Waals surface area contributed by atoms with Crippen LogP contribution in [-0.4, -0.2) is 17.8 Å². The highest BCUT2D eigenvalue weighted by Crippen LogP contribution is 2.43. The van der Waals surface area contributed by atoms with Gasteiger partial charge in [0.15, 0.2) is 0 Å². The van der Waals surface area contributed by atoms with Crippen LogP contribution in [0.1, 0.15) is 37.8 Å². The van der Waals surface area contributed by atoms with Gasteiger partial charge < -0.3 is 4.57 Å². The standard InChI is InChI=1S/C50H42N2/c1-5-7-10-20-37(19-8-6-2)39-22-16-23-40(33-39)41-29-30-46-48(34-41)52(43-25-11-9-12-26-43)49-35-47(44-27-13-14-28-45(44)50(46)49)42-24-15-21-38(32-42)36(3)18-17-31-51-4/h6,8-9,11-19,21-35H,3,5,20H2,1-2,4H3/b8-6-,18-17-,37-19+,51-31?. The highest BCUT2D eigenvalue weighted by molar-refractivity contribution is 6.24. The van der Waals surface area contributed by atoms with Crippen LogP contribution in [0.5, 0.6) is 0 Å². The first-order chi connectivity index (χ1) is 25.6. The van der Waals surface area contributed by atoms with Gasteiger partial charge in [0.25, 0.3) is 0 Å². The van der Waals surface area contributed by atoms with Crippen LogP contribution in [0.2, 0.25) is 0 Å². The molecule has 6 aromatic carbocycles. The van der Waals surface area contributed by atoms with Gasteiger partial charge in [0.2, 0.25) is 0 Å². The molecule has 0 radical (unpaired) electrons. The molecule has 0 unspecified atom stereocenters. The number of allylic oxidation sites excluding steroid dienone is 7. The fraction of sp³-hybridized carbons (Fsp3) is 0.100. The van der Waals surface area contributed by atoms with E-state index in [9.17, 15) is 0 Å². The minimum Gasteiger partial charge on any atom is -0.309 e. The summed E-state index contributed by atoms with van der Waals surface area (Å²) in [5.41, 5.74) is 12.6. The summed E-state index contributed by atoms with van der Waals surface area (Å²) in [4.78, 5) is 4.07. The second kappa shape index (κ2) is 15.6. The van der Waals surface area contributed by atoms with Gasteiger partial charge in [-0.2, -0.15) is 0 Å². The minimum absolute atomic E-state index is 0.722. The molecule has 1 aromatic heterocycles. The third-order valence-electron chi connectivity index (χ3n) is 9.50. The molecule has 0 aliphatic carbocycles. The zero-order valence-electron chi connectivity index (χ0n) is 30.1. The summed E-state index contributed by atoms with van der Waals surface area (Å²) in [5, 5.41) is 4.95. The van der Waals surface area contributed by atoms with Crippen LogP contribution in [0.15, 0.2) is 169 Å². The average molecular weight is 671 g/mol. The Kier molecular flexibility index (Phi) is 10.2. The van der Waals surface area contributed by atoms with Crippen LogP contribution in [-0.2, 0) is 0 Å². The van der Waals surface area contributed by atoms with Gasteiger partial charge in [0, 0.05) is 42.6 Å². The van der Waals surface area contributed by atoms with Crippen molar-refractivity contribution in [2.75, 3.05) is 7.05 Å². The molecule has 7 rings (SSSR count). The Morgan fingerprint density at radius 2 is 1.42 bits per heavy atom. The van der Waals surface area contributed by atoms with Crippen molar-refractivity contribution in [3.8, 4) is 39.8 Å². The summed E-state index contributed by atoms with van der Waals surface area (Å²) >= 11 is 0. The molecule has 0 fully saturated rings. The predicted molar refractivity (Wildman–Crippen MR) is 227 cm³/mol. The van der Waals surface area contributed by atoms with Crippen LogP contribution in [0.25, 0.3) is 71.7 Å². The summed E-state index contributed by atoms with van der Waals surface area (Å²) in [6.07, 6.45) is 13.7. The molecule has 0 spiro atoms. The fourth-order valence-corrected chi connectivity index (χ4v) is 7.03. The van der Waals surface area contributed by atoms with Gasteiger partial charge in [-0.3, -0.25) is 4.99 Å². The second-order valence-corrected chi connectivity index (χ2v) is 12.8. The molecule has 52 heavy (non-hydrogen) atoms. The Hall–Kier alpha value is -6.43. The number of hydrogen-bond acceptors (Lipinski definition) is 1.